The zero-order chi connectivity index (χ0) is 17.7. The summed E-state index contributed by atoms with van der Waals surface area (Å²) in [7, 11) is 0. The average Bonchev–Trinajstić information content (AvgIpc) is 2.64. The van der Waals surface area contributed by atoms with Crippen molar-refractivity contribution in [2.24, 2.45) is 0 Å². The molecule has 2 aromatic rings. The van der Waals surface area contributed by atoms with Gasteiger partial charge in [0.05, 0.1) is 5.41 Å². The van der Waals surface area contributed by atoms with Gasteiger partial charge in [0.15, 0.2) is 0 Å². The molecule has 0 radical (unpaired) electrons. The first-order valence-electron chi connectivity index (χ1n) is 8.90. The van der Waals surface area contributed by atoms with Gasteiger partial charge >= 0.3 is 0 Å². The fourth-order valence-corrected chi connectivity index (χ4v) is 3.75. The Morgan fingerprint density at radius 3 is 2.32 bits per heavy atom. The number of hydrogen-bond acceptors (Lipinski definition) is 1. The highest BCUT2D eigenvalue weighted by Crippen LogP contribution is 2.39. The highest BCUT2D eigenvalue weighted by atomic mass is 19.1. The molecule has 0 aromatic heterocycles. The van der Waals surface area contributed by atoms with E-state index >= 15 is 0 Å². The standard InChI is InChI=1S/C21H23F2NO/c22-18-10-8-17(9-11-18)21(13-4-1-5-14-21)20(25)24-15-12-16-6-2-3-7-19(16)23/h2-3,6-11H,1,4-5,12-15H2,(H,24,25). The highest BCUT2D eigenvalue weighted by molar-refractivity contribution is 5.88. The van der Waals surface area contributed by atoms with E-state index in [0.717, 1.165) is 37.7 Å². The first kappa shape index (κ1) is 17.6. The second-order valence-electron chi connectivity index (χ2n) is 6.75. The number of benzene rings is 2. The van der Waals surface area contributed by atoms with Crippen LogP contribution in [0.25, 0.3) is 0 Å². The van der Waals surface area contributed by atoms with E-state index in [1.165, 1.54) is 18.2 Å². The Bertz CT molecular complexity index is 721. The number of hydrogen-bond donors (Lipinski definition) is 1. The Kier molecular flexibility index (Phi) is 5.47. The van der Waals surface area contributed by atoms with Gasteiger partial charge in [-0.05, 0) is 48.6 Å². The zero-order valence-corrected chi connectivity index (χ0v) is 14.2. The van der Waals surface area contributed by atoms with Crippen LogP contribution in [0.4, 0.5) is 8.78 Å². The van der Waals surface area contributed by atoms with Gasteiger partial charge in [0.1, 0.15) is 11.6 Å². The number of amides is 1. The summed E-state index contributed by atoms with van der Waals surface area (Å²) in [6.07, 6.45) is 5.08. The zero-order valence-electron chi connectivity index (χ0n) is 14.2. The van der Waals surface area contributed by atoms with Gasteiger partial charge in [0, 0.05) is 6.54 Å². The minimum atomic E-state index is -0.596. The lowest BCUT2D eigenvalue weighted by molar-refractivity contribution is -0.128. The molecule has 1 aliphatic rings. The van der Waals surface area contributed by atoms with E-state index < -0.39 is 5.41 Å². The lowest BCUT2D eigenvalue weighted by atomic mass is 9.68. The van der Waals surface area contributed by atoms with Gasteiger partial charge in [0.25, 0.3) is 0 Å². The lowest BCUT2D eigenvalue weighted by Crippen LogP contribution is -2.46. The number of halogens is 2. The fourth-order valence-electron chi connectivity index (χ4n) is 3.75. The van der Waals surface area contributed by atoms with Crippen molar-refractivity contribution in [3.8, 4) is 0 Å². The fraction of sp³-hybridized carbons (Fsp3) is 0.381. The number of nitrogens with one attached hydrogen (secondary N) is 1. The van der Waals surface area contributed by atoms with Crippen molar-refractivity contribution in [3.05, 3.63) is 71.3 Å². The third-order valence-electron chi connectivity index (χ3n) is 5.18. The van der Waals surface area contributed by atoms with Crippen molar-refractivity contribution in [1.29, 1.82) is 0 Å². The maximum absolute atomic E-state index is 13.7. The number of carbonyl (C=O) groups is 1. The minimum Gasteiger partial charge on any atom is -0.355 e. The molecule has 1 saturated carbocycles. The van der Waals surface area contributed by atoms with E-state index in [1.54, 1.807) is 30.3 Å². The largest absolute Gasteiger partial charge is 0.355 e. The molecular weight excluding hydrogens is 320 g/mol. The normalized spacial score (nSPS) is 16.4. The summed E-state index contributed by atoms with van der Waals surface area (Å²) in [6, 6.07) is 12.9. The molecule has 1 aliphatic carbocycles. The quantitative estimate of drug-likeness (QED) is 0.849. The van der Waals surface area contributed by atoms with E-state index in [2.05, 4.69) is 5.32 Å². The van der Waals surface area contributed by atoms with Gasteiger partial charge in [-0.15, -0.1) is 0 Å². The Balaban J connectivity index is 1.71. The van der Waals surface area contributed by atoms with Crippen LogP contribution in [0.2, 0.25) is 0 Å². The molecule has 1 N–H and O–H groups in total. The smallest absolute Gasteiger partial charge is 0.230 e. The summed E-state index contributed by atoms with van der Waals surface area (Å²) < 4.78 is 27.0. The van der Waals surface area contributed by atoms with E-state index in [4.69, 9.17) is 0 Å². The van der Waals surface area contributed by atoms with Crippen molar-refractivity contribution in [2.45, 2.75) is 43.9 Å². The molecule has 25 heavy (non-hydrogen) atoms. The Morgan fingerprint density at radius 1 is 0.960 bits per heavy atom. The highest BCUT2D eigenvalue weighted by Gasteiger charge is 2.40. The maximum atomic E-state index is 13.7. The predicted molar refractivity (Wildman–Crippen MR) is 94.3 cm³/mol. The van der Waals surface area contributed by atoms with Gasteiger partial charge < -0.3 is 5.32 Å². The molecule has 4 heteroatoms. The molecule has 0 saturated heterocycles. The summed E-state index contributed by atoms with van der Waals surface area (Å²) in [6.45, 7) is 0.392. The van der Waals surface area contributed by atoms with Crippen molar-refractivity contribution >= 4 is 5.91 Å². The molecule has 0 heterocycles. The predicted octanol–water partition coefficient (Wildman–Crippen LogP) is 4.53. The first-order valence-corrected chi connectivity index (χ1v) is 8.90. The molecule has 132 valence electrons. The number of carbonyl (C=O) groups excluding carboxylic acids is 1. The molecule has 2 aromatic carbocycles. The summed E-state index contributed by atoms with van der Waals surface area (Å²) in [5, 5.41) is 2.98. The Labute approximate surface area is 147 Å². The SMILES string of the molecule is O=C(NCCc1ccccc1F)C1(c2ccc(F)cc2)CCCCC1. The monoisotopic (exact) mass is 343 g/mol. The second kappa shape index (κ2) is 7.77. The van der Waals surface area contributed by atoms with Crippen LogP contribution < -0.4 is 5.32 Å². The van der Waals surface area contributed by atoms with E-state index in [1.807, 2.05) is 0 Å². The molecule has 0 bridgehead atoms. The van der Waals surface area contributed by atoms with Crippen LogP contribution in [0.15, 0.2) is 48.5 Å². The van der Waals surface area contributed by atoms with Crippen molar-refractivity contribution in [3.63, 3.8) is 0 Å². The van der Waals surface area contributed by atoms with E-state index in [9.17, 15) is 13.6 Å². The first-order chi connectivity index (χ1) is 12.1. The molecule has 1 amide bonds. The molecule has 3 rings (SSSR count). The third-order valence-corrected chi connectivity index (χ3v) is 5.18. The summed E-state index contributed by atoms with van der Waals surface area (Å²) >= 11 is 0. The van der Waals surface area contributed by atoms with Crippen LogP contribution in [-0.2, 0) is 16.6 Å². The summed E-state index contributed by atoms with van der Waals surface area (Å²) in [5.41, 5.74) is 0.875. The average molecular weight is 343 g/mol. The van der Waals surface area contributed by atoms with Crippen LogP contribution >= 0.6 is 0 Å². The Hall–Kier alpha value is -2.23. The van der Waals surface area contributed by atoms with Gasteiger partial charge in [-0.1, -0.05) is 49.6 Å². The van der Waals surface area contributed by atoms with Gasteiger partial charge in [-0.3, -0.25) is 4.79 Å². The Morgan fingerprint density at radius 2 is 1.64 bits per heavy atom. The summed E-state index contributed by atoms with van der Waals surface area (Å²) in [4.78, 5) is 13.0. The molecule has 2 nitrogen and oxygen atoms in total. The van der Waals surface area contributed by atoms with Crippen LogP contribution in [-0.4, -0.2) is 12.5 Å². The molecule has 0 spiro atoms. The van der Waals surface area contributed by atoms with Gasteiger partial charge in [0.2, 0.25) is 5.91 Å². The van der Waals surface area contributed by atoms with Crippen LogP contribution in [0.1, 0.15) is 43.2 Å². The second-order valence-corrected chi connectivity index (χ2v) is 6.75. The molecule has 1 fully saturated rings. The van der Waals surface area contributed by atoms with Gasteiger partial charge in [-0.2, -0.15) is 0 Å². The van der Waals surface area contributed by atoms with Crippen LogP contribution in [0, 0.1) is 11.6 Å². The third kappa shape index (κ3) is 3.89. The maximum Gasteiger partial charge on any atom is 0.230 e. The van der Waals surface area contributed by atoms with E-state index in [-0.39, 0.29) is 17.5 Å². The van der Waals surface area contributed by atoms with Crippen LogP contribution in [0.5, 0.6) is 0 Å². The lowest BCUT2D eigenvalue weighted by Gasteiger charge is -2.36. The minimum absolute atomic E-state index is 0.0323. The molecule has 0 atom stereocenters. The molecule has 0 unspecified atom stereocenters. The van der Waals surface area contributed by atoms with Gasteiger partial charge in [-0.25, -0.2) is 8.78 Å². The van der Waals surface area contributed by atoms with Crippen molar-refractivity contribution in [1.82, 2.24) is 5.32 Å². The number of rotatable bonds is 5. The summed E-state index contributed by atoms with van der Waals surface area (Å²) in [5.74, 6) is -0.576. The topological polar surface area (TPSA) is 29.1 Å². The van der Waals surface area contributed by atoms with Crippen molar-refractivity contribution < 1.29 is 13.6 Å². The van der Waals surface area contributed by atoms with Crippen molar-refractivity contribution in [2.75, 3.05) is 6.54 Å². The molecule has 0 aliphatic heterocycles. The van der Waals surface area contributed by atoms with E-state index in [0.29, 0.717) is 18.5 Å². The van der Waals surface area contributed by atoms with Crippen LogP contribution in [0.3, 0.4) is 0 Å². The molecular formula is C21H23F2NO.